The molecule has 0 aliphatic heterocycles. The number of esters is 1. The van der Waals surface area contributed by atoms with Crippen molar-refractivity contribution in [1.82, 2.24) is 4.98 Å². The Morgan fingerprint density at radius 1 is 1.58 bits per heavy atom. The number of pyridine rings is 1. The van der Waals surface area contributed by atoms with Crippen molar-refractivity contribution in [1.29, 1.82) is 0 Å². The van der Waals surface area contributed by atoms with E-state index in [1.54, 1.807) is 6.92 Å². The van der Waals surface area contributed by atoms with Crippen LogP contribution < -0.4 is 0 Å². The Balaban J connectivity index is 3.08. The van der Waals surface area contributed by atoms with E-state index in [-0.39, 0.29) is 5.69 Å². The van der Waals surface area contributed by atoms with Gasteiger partial charge in [0.15, 0.2) is 5.69 Å². The molecular formula is C8H8FNO2. The molecule has 0 spiro atoms. The van der Waals surface area contributed by atoms with E-state index in [4.69, 9.17) is 0 Å². The minimum atomic E-state index is -0.671. The van der Waals surface area contributed by atoms with Gasteiger partial charge in [0.05, 0.1) is 7.11 Å². The van der Waals surface area contributed by atoms with Gasteiger partial charge in [0, 0.05) is 0 Å². The Morgan fingerprint density at radius 2 is 2.25 bits per heavy atom. The van der Waals surface area contributed by atoms with E-state index in [0.717, 1.165) is 0 Å². The van der Waals surface area contributed by atoms with Crippen molar-refractivity contribution in [2.24, 2.45) is 0 Å². The maximum absolute atomic E-state index is 12.6. The Kier molecular flexibility index (Phi) is 2.38. The minimum absolute atomic E-state index is 0.00463. The zero-order valence-corrected chi connectivity index (χ0v) is 6.80. The van der Waals surface area contributed by atoms with Crippen LogP contribution in [0.2, 0.25) is 0 Å². The average molecular weight is 169 g/mol. The summed E-state index contributed by atoms with van der Waals surface area (Å²) in [4.78, 5) is 14.2. The number of rotatable bonds is 1. The van der Waals surface area contributed by atoms with Crippen molar-refractivity contribution in [2.45, 2.75) is 6.92 Å². The first-order valence-electron chi connectivity index (χ1n) is 3.36. The summed E-state index contributed by atoms with van der Waals surface area (Å²) in [6.45, 7) is 1.68. The third-order valence-electron chi connectivity index (χ3n) is 1.33. The normalized spacial score (nSPS) is 9.58. The second-order valence-electron chi connectivity index (χ2n) is 2.34. The Morgan fingerprint density at radius 3 is 2.75 bits per heavy atom. The van der Waals surface area contributed by atoms with Gasteiger partial charge in [0.1, 0.15) is 0 Å². The molecular weight excluding hydrogens is 161 g/mol. The Labute approximate surface area is 69.2 Å². The number of carbonyl (C=O) groups is 1. The third-order valence-corrected chi connectivity index (χ3v) is 1.33. The van der Waals surface area contributed by atoms with Crippen LogP contribution in [0, 0.1) is 12.9 Å². The van der Waals surface area contributed by atoms with Gasteiger partial charge < -0.3 is 4.74 Å². The molecule has 0 saturated carbocycles. The standard InChI is InChI=1S/C8H8FNO2/c1-5-3-6(8(11)12-2)10-7(9)4-5/h3-4H,1-2H3. The molecule has 0 aliphatic carbocycles. The summed E-state index contributed by atoms with van der Waals surface area (Å²) in [5, 5.41) is 0. The second kappa shape index (κ2) is 3.30. The highest BCUT2D eigenvalue weighted by Crippen LogP contribution is 2.04. The number of carbonyl (C=O) groups excluding carboxylic acids is 1. The molecule has 0 fully saturated rings. The molecule has 1 rings (SSSR count). The molecule has 0 radical (unpaired) electrons. The van der Waals surface area contributed by atoms with Crippen LogP contribution in [0.4, 0.5) is 4.39 Å². The predicted molar refractivity (Wildman–Crippen MR) is 40.3 cm³/mol. The van der Waals surface area contributed by atoms with Gasteiger partial charge in [-0.05, 0) is 24.6 Å². The van der Waals surface area contributed by atoms with Crippen molar-refractivity contribution < 1.29 is 13.9 Å². The lowest BCUT2D eigenvalue weighted by molar-refractivity contribution is 0.0592. The fourth-order valence-corrected chi connectivity index (χ4v) is 0.834. The van der Waals surface area contributed by atoms with Crippen molar-refractivity contribution >= 4 is 5.97 Å². The molecule has 0 atom stereocenters. The van der Waals surface area contributed by atoms with Crippen molar-refractivity contribution in [2.75, 3.05) is 7.11 Å². The molecule has 0 aromatic carbocycles. The highest BCUT2D eigenvalue weighted by atomic mass is 19.1. The molecule has 0 amide bonds. The van der Waals surface area contributed by atoms with Crippen LogP contribution in [0.25, 0.3) is 0 Å². The number of hydrogen-bond donors (Lipinski definition) is 0. The third kappa shape index (κ3) is 1.78. The van der Waals surface area contributed by atoms with Gasteiger partial charge in [-0.1, -0.05) is 0 Å². The van der Waals surface area contributed by atoms with Gasteiger partial charge in [-0.15, -0.1) is 0 Å². The molecule has 64 valence electrons. The van der Waals surface area contributed by atoms with Gasteiger partial charge in [0.25, 0.3) is 0 Å². The number of nitrogens with zero attached hydrogens (tertiary/aromatic N) is 1. The Hall–Kier alpha value is -1.45. The zero-order valence-electron chi connectivity index (χ0n) is 6.80. The van der Waals surface area contributed by atoms with Gasteiger partial charge >= 0.3 is 5.97 Å². The number of aromatic nitrogens is 1. The van der Waals surface area contributed by atoms with Gasteiger partial charge in [-0.25, -0.2) is 9.78 Å². The first kappa shape index (κ1) is 8.64. The molecule has 3 nitrogen and oxygen atoms in total. The molecule has 12 heavy (non-hydrogen) atoms. The number of methoxy groups -OCH3 is 1. The van der Waals surface area contributed by atoms with Crippen LogP contribution >= 0.6 is 0 Å². The highest BCUT2D eigenvalue weighted by Gasteiger charge is 2.08. The lowest BCUT2D eigenvalue weighted by Gasteiger charge is -1.99. The first-order valence-corrected chi connectivity index (χ1v) is 3.36. The van der Waals surface area contributed by atoms with Crippen LogP contribution in [-0.4, -0.2) is 18.1 Å². The number of halogens is 1. The van der Waals surface area contributed by atoms with Crippen LogP contribution in [0.15, 0.2) is 12.1 Å². The SMILES string of the molecule is COC(=O)c1cc(C)cc(F)n1. The van der Waals surface area contributed by atoms with Gasteiger partial charge in [0.2, 0.25) is 5.95 Å². The summed E-state index contributed by atoms with van der Waals surface area (Å²) in [5.41, 5.74) is 0.637. The maximum Gasteiger partial charge on any atom is 0.356 e. The van der Waals surface area contributed by atoms with E-state index in [1.807, 2.05) is 0 Å². The van der Waals surface area contributed by atoms with E-state index in [2.05, 4.69) is 9.72 Å². The van der Waals surface area contributed by atoms with E-state index >= 15 is 0 Å². The average Bonchev–Trinajstić information content (AvgIpc) is 2.01. The molecule has 0 aliphatic rings. The fourth-order valence-electron chi connectivity index (χ4n) is 0.834. The fraction of sp³-hybridized carbons (Fsp3) is 0.250. The summed E-state index contributed by atoms with van der Waals surface area (Å²) < 4.78 is 17.0. The number of ether oxygens (including phenoxy) is 1. The molecule has 1 aromatic heterocycles. The van der Waals surface area contributed by atoms with Crippen LogP contribution in [-0.2, 0) is 4.74 Å². The molecule has 0 saturated heterocycles. The minimum Gasteiger partial charge on any atom is -0.464 e. The van der Waals surface area contributed by atoms with Crippen molar-refractivity contribution in [3.63, 3.8) is 0 Å². The summed E-state index contributed by atoms with van der Waals surface area (Å²) >= 11 is 0. The van der Waals surface area contributed by atoms with E-state index in [9.17, 15) is 9.18 Å². The van der Waals surface area contributed by atoms with Crippen molar-refractivity contribution in [3.05, 3.63) is 29.3 Å². The molecule has 4 heteroatoms. The molecule has 1 heterocycles. The quantitative estimate of drug-likeness (QED) is 0.470. The number of aryl methyl sites for hydroxylation is 1. The van der Waals surface area contributed by atoms with E-state index in [0.29, 0.717) is 5.56 Å². The van der Waals surface area contributed by atoms with Crippen LogP contribution in [0.3, 0.4) is 0 Å². The highest BCUT2D eigenvalue weighted by molar-refractivity contribution is 5.87. The zero-order chi connectivity index (χ0) is 9.14. The predicted octanol–water partition coefficient (Wildman–Crippen LogP) is 1.32. The Bertz CT molecular complexity index is 292. The van der Waals surface area contributed by atoms with E-state index in [1.165, 1.54) is 19.2 Å². The van der Waals surface area contributed by atoms with Crippen LogP contribution in [0.5, 0.6) is 0 Å². The molecule has 0 bridgehead atoms. The van der Waals surface area contributed by atoms with Crippen LogP contribution in [0.1, 0.15) is 16.1 Å². The summed E-state index contributed by atoms with van der Waals surface area (Å²) in [7, 11) is 1.23. The van der Waals surface area contributed by atoms with Gasteiger partial charge in [-0.3, -0.25) is 0 Å². The monoisotopic (exact) mass is 169 g/mol. The lowest BCUT2D eigenvalue weighted by atomic mass is 10.2. The smallest absolute Gasteiger partial charge is 0.356 e. The topological polar surface area (TPSA) is 39.2 Å². The summed E-state index contributed by atoms with van der Waals surface area (Å²) in [5.74, 6) is -1.30. The first-order chi connectivity index (χ1) is 5.63. The second-order valence-corrected chi connectivity index (χ2v) is 2.34. The summed E-state index contributed by atoms with van der Waals surface area (Å²) in [6, 6.07) is 2.71. The summed E-state index contributed by atoms with van der Waals surface area (Å²) in [6.07, 6.45) is 0. The van der Waals surface area contributed by atoms with Crippen molar-refractivity contribution in [3.8, 4) is 0 Å². The molecule has 0 N–H and O–H groups in total. The van der Waals surface area contributed by atoms with Gasteiger partial charge in [-0.2, -0.15) is 4.39 Å². The molecule has 1 aromatic rings. The largest absolute Gasteiger partial charge is 0.464 e. The van der Waals surface area contributed by atoms with E-state index < -0.39 is 11.9 Å². The maximum atomic E-state index is 12.6. The lowest BCUT2D eigenvalue weighted by Crippen LogP contribution is -2.05. The number of hydrogen-bond acceptors (Lipinski definition) is 3. The molecule has 0 unspecified atom stereocenters.